The highest BCUT2D eigenvalue weighted by molar-refractivity contribution is 7.15. The number of aryl methyl sites for hydroxylation is 3. The number of amides is 2. The zero-order valence-corrected chi connectivity index (χ0v) is 37.7. The average molecular weight is 880 g/mol. The maximum Gasteiger partial charge on any atom is 0.308 e. The van der Waals surface area contributed by atoms with Crippen molar-refractivity contribution in [1.29, 1.82) is 0 Å². The molecule has 2 aliphatic heterocycles. The van der Waals surface area contributed by atoms with Crippen molar-refractivity contribution >= 4 is 58.0 Å². The number of hydrogen-bond acceptors (Lipinski definition) is 12. The van der Waals surface area contributed by atoms with Gasteiger partial charge in [0.2, 0.25) is 11.8 Å². The van der Waals surface area contributed by atoms with Gasteiger partial charge in [-0.25, -0.2) is 4.98 Å². The van der Waals surface area contributed by atoms with E-state index in [1.165, 1.54) is 18.2 Å². The van der Waals surface area contributed by atoms with Gasteiger partial charge in [0.25, 0.3) is 0 Å². The molecule has 3 N–H and O–H groups in total. The third-order valence-corrected chi connectivity index (χ3v) is 14.0. The number of carbonyl (C=O) groups is 3. The number of likely N-dealkylation sites (tertiary alicyclic amines) is 1. The Bertz CT molecular complexity index is 2760. The van der Waals surface area contributed by atoms with E-state index in [4.69, 9.17) is 15.5 Å². The van der Waals surface area contributed by atoms with E-state index in [0.29, 0.717) is 24.4 Å². The summed E-state index contributed by atoms with van der Waals surface area (Å²) in [6.07, 6.45) is 4.48. The smallest absolute Gasteiger partial charge is 0.308 e. The van der Waals surface area contributed by atoms with Gasteiger partial charge in [0.15, 0.2) is 5.82 Å². The van der Waals surface area contributed by atoms with Gasteiger partial charge in [0, 0.05) is 40.5 Å². The lowest BCUT2D eigenvalue weighted by Gasteiger charge is -2.25. The van der Waals surface area contributed by atoms with Gasteiger partial charge in [-0.2, -0.15) is 0 Å². The number of esters is 1. The number of nitrogens with two attached hydrogens (primary N) is 1. The molecule has 0 radical (unpaired) electrons. The molecule has 6 aromatic rings. The van der Waals surface area contributed by atoms with Crippen molar-refractivity contribution < 1.29 is 19.1 Å². The van der Waals surface area contributed by atoms with Crippen molar-refractivity contribution in [1.82, 2.24) is 30.0 Å². The summed E-state index contributed by atoms with van der Waals surface area (Å²) in [5.74, 6) is 0.602. The fourth-order valence-electron chi connectivity index (χ4n) is 8.20. The van der Waals surface area contributed by atoms with Gasteiger partial charge in [-0.3, -0.25) is 28.9 Å². The number of rotatable bonds is 12. The second-order valence-electron chi connectivity index (χ2n) is 15.8. The Balaban J connectivity index is 0.911. The standard InChI is InChI=1S/C48H49N9O4S2/c1-27-30(4)63-48-43(27)44(53-39(22-42(59)61-6)46-55-54-31(5)57(46)48)36-17-15-34(16-18-36)33-11-13-35(14-12-33)38(23-49)24-50-25-41(58)56-21-7-8-40(56)47(60)52-28(2)32-9-19-37(20-10-32)45-29(3)51-26-62-45/h9-20,23-24,26,28,39-40H,7-8,21-22,25,49H2,1-6H3,(H,52,60)/t28-,39-,40-/m0/s1. The van der Waals surface area contributed by atoms with E-state index in [-0.39, 0.29) is 36.8 Å². The summed E-state index contributed by atoms with van der Waals surface area (Å²) in [6, 6.07) is 23.0. The molecule has 1 saturated heterocycles. The maximum absolute atomic E-state index is 13.4. The number of carbonyl (C=O) groups excluding carboxylic acids is 3. The van der Waals surface area contributed by atoms with E-state index in [9.17, 15) is 14.4 Å². The second kappa shape index (κ2) is 18.4. The topological polar surface area (TPSA) is 170 Å². The van der Waals surface area contributed by atoms with E-state index >= 15 is 0 Å². The fourth-order valence-corrected chi connectivity index (χ4v) is 10.2. The van der Waals surface area contributed by atoms with Crippen molar-refractivity contribution in [3.8, 4) is 26.6 Å². The third kappa shape index (κ3) is 8.75. The molecule has 13 nitrogen and oxygen atoms in total. The second-order valence-corrected chi connectivity index (χ2v) is 17.8. The van der Waals surface area contributed by atoms with Gasteiger partial charge in [0.1, 0.15) is 29.5 Å². The number of aromatic nitrogens is 4. The van der Waals surface area contributed by atoms with Gasteiger partial charge in [-0.1, -0.05) is 72.8 Å². The molecular weight excluding hydrogens is 831 g/mol. The van der Waals surface area contributed by atoms with Crippen LogP contribution in [0, 0.1) is 27.7 Å². The number of nitrogens with zero attached hydrogens (tertiary/aromatic N) is 7. The highest BCUT2D eigenvalue weighted by Gasteiger charge is 2.35. The van der Waals surface area contributed by atoms with Crippen molar-refractivity contribution in [3.05, 3.63) is 135 Å². The first-order valence-electron chi connectivity index (χ1n) is 20.9. The minimum Gasteiger partial charge on any atom is -0.469 e. The Hall–Kier alpha value is -6.58. The average Bonchev–Trinajstić information content (AvgIpc) is 4.10. The maximum atomic E-state index is 13.4. The molecule has 322 valence electrons. The number of thiazole rings is 1. The molecule has 0 unspecified atom stereocenters. The molecule has 8 rings (SSSR count). The predicted octanol–water partition coefficient (Wildman–Crippen LogP) is 8.05. The Morgan fingerprint density at radius 3 is 2.30 bits per heavy atom. The van der Waals surface area contributed by atoms with Crippen LogP contribution >= 0.6 is 22.7 Å². The van der Waals surface area contributed by atoms with Gasteiger partial charge < -0.3 is 20.7 Å². The normalized spacial score (nSPS) is 16.6. The number of ether oxygens (including phenoxy) is 1. The van der Waals surface area contributed by atoms with Crippen LogP contribution in [0.2, 0.25) is 0 Å². The number of allylic oxidation sites excluding steroid dienone is 1. The number of nitrogens with one attached hydrogen (secondary N) is 1. The molecule has 2 aliphatic rings. The van der Waals surface area contributed by atoms with Gasteiger partial charge >= 0.3 is 5.97 Å². The van der Waals surface area contributed by atoms with E-state index < -0.39 is 12.1 Å². The number of hydrogen-bond donors (Lipinski definition) is 2. The van der Waals surface area contributed by atoms with Crippen LogP contribution in [0.5, 0.6) is 0 Å². The van der Waals surface area contributed by atoms with Crippen LogP contribution in [0.3, 0.4) is 0 Å². The minimum atomic E-state index is -0.570. The summed E-state index contributed by atoms with van der Waals surface area (Å²) in [7, 11) is 1.38. The van der Waals surface area contributed by atoms with Crippen molar-refractivity contribution in [3.63, 3.8) is 0 Å². The molecule has 5 heterocycles. The Morgan fingerprint density at radius 1 is 0.952 bits per heavy atom. The van der Waals surface area contributed by atoms with Crippen LogP contribution < -0.4 is 11.1 Å². The van der Waals surface area contributed by atoms with Crippen LogP contribution in [-0.2, 0) is 19.1 Å². The predicted molar refractivity (Wildman–Crippen MR) is 249 cm³/mol. The molecule has 2 amide bonds. The Morgan fingerprint density at radius 2 is 1.63 bits per heavy atom. The zero-order valence-electron chi connectivity index (χ0n) is 36.1. The molecule has 0 bridgehead atoms. The first-order valence-corrected chi connectivity index (χ1v) is 22.6. The number of methoxy groups -OCH3 is 1. The first kappa shape index (κ1) is 43.1. The summed E-state index contributed by atoms with van der Waals surface area (Å²) in [4.78, 5) is 57.3. The zero-order chi connectivity index (χ0) is 44.4. The largest absolute Gasteiger partial charge is 0.469 e. The molecule has 0 aliphatic carbocycles. The fraction of sp³-hybridized carbons (Fsp3) is 0.292. The molecule has 3 aromatic carbocycles. The monoisotopic (exact) mass is 879 g/mol. The van der Waals surface area contributed by atoms with E-state index in [0.717, 1.165) is 78.0 Å². The van der Waals surface area contributed by atoms with E-state index in [1.54, 1.807) is 33.8 Å². The van der Waals surface area contributed by atoms with Crippen molar-refractivity contribution in [2.75, 3.05) is 20.2 Å². The van der Waals surface area contributed by atoms with Crippen LogP contribution in [0.25, 0.3) is 32.1 Å². The lowest BCUT2D eigenvalue weighted by atomic mass is 9.96. The molecule has 0 spiro atoms. The summed E-state index contributed by atoms with van der Waals surface area (Å²) < 4.78 is 7.05. The molecule has 15 heteroatoms. The van der Waals surface area contributed by atoms with Crippen LogP contribution in [0.4, 0.5) is 0 Å². The first-order chi connectivity index (χ1) is 30.4. The van der Waals surface area contributed by atoms with Gasteiger partial charge in [-0.15, -0.1) is 32.9 Å². The molecule has 3 aromatic heterocycles. The third-order valence-electron chi connectivity index (χ3n) is 11.8. The molecule has 3 atom stereocenters. The van der Waals surface area contributed by atoms with Crippen LogP contribution in [0.15, 0.2) is 94.5 Å². The number of thiophene rings is 1. The summed E-state index contributed by atoms with van der Waals surface area (Å²) in [6.45, 7) is 10.5. The minimum absolute atomic E-state index is 0.0407. The Kier molecular flexibility index (Phi) is 12.6. The van der Waals surface area contributed by atoms with Gasteiger partial charge in [-0.05, 0) is 80.8 Å². The summed E-state index contributed by atoms with van der Waals surface area (Å²) in [5, 5.41) is 12.9. The van der Waals surface area contributed by atoms with E-state index in [1.807, 2.05) is 67.2 Å². The van der Waals surface area contributed by atoms with E-state index in [2.05, 4.69) is 75.7 Å². The highest BCUT2D eigenvalue weighted by Crippen LogP contribution is 2.40. The number of aliphatic imine (C=N–C) groups is 2. The number of benzene rings is 3. The summed E-state index contributed by atoms with van der Waals surface area (Å²) >= 11 is 3.27. The highest BCUT2D eigenvalue weighted by atomic mass is 32.1. The van der Waals surface area contributed by atoms with Crippen molar-refractivity contribution in [2.45, 2.75) is 72.0 Å². The lowest BCUT2D eigenvalue weighted by molar-refractivity contribution is -0.141. The molecule has 1 fully saturated rings. The molecule has 0 saturated carbocycles. The van der Waals surface area contributed by atoms with Crippen LogP contribution in [-0.4, -0.2) is 80.6 Å². The molecule has 63 heavy (non-hydrogen) atoms. The lowest BCUT2D eigenvalue weighted by Crippen LogP contribution is -2.47. The molecular formula is C48H49N9O4S2. The van der Waals surface area contributed by atoms with Gasteiger partial charge in [0.05, 0.1) is 41.4 Å². The van der Waals surface area contributed by atoms with Crippen LogP contribution in [0.1, 0.15) is 88.3 Å². The van der Waals surface area contributed by atoms with Crippen molar-refractivity contribution in [2.24, 2.45) is 15.7 Å². The Labute approximate surface area is 374 Å². The SMILES string of the molecule is COC(=O)C[C@@H]1N=C(c2ccc(-c3ccc(C(C=NCC(=O)N4CCC[C@H]4C(=O)N[C@@H](C)c4ccc(-c5scnc5C)cc4)=CN)cc3)cc2)c2c(sc(C)c2C)-n2c(C)nnc21. The summed E-state index contributed by atoms with van der Waals surface area (Å²) in [5.41, 5.74) is 18.3. The number of fused-ring (bicyclic) bond motifs is 3. The quantitative estimate of drug-likeness (QED) is 0.0919.